The molecule has 0 aliphatic rings. The van der Waals surface area contributed by atoms with Crippen molar-refractivity contribution >= 4 is 28.6 Å². The number of esters is 1. The summed E-state index contributed by atoms with van der Waals surface area (Å²) in [6.45, 7) is 3.97. The number of furan rings is 1. The first kappa shape index (κ1) is 18.2. The predicted molar refractivity (Wildman–Crippen MR) is 106 cm³/mol. The molecule has 8 heteroatoms. The lowest BCUT2D eigenvalue weighted by atomic mass is 10.2. The monoisotopic (exact) mass is 394 g/mol. The largest absolute Gasteiger partial charge is 0.463 e. The van der Waals surface area contributed by atoms with E-state index in [1.807, 2.05) is 49.0 Å². The van der Waals surface area contributed by atoms with Crippen LogP contribution in [0.15, 0.2) is 52.0 Å². The fourth-order valence-electron chi connectivity index (χ4n) is 2.82. The van der Waals surface area contributed by atoms with E-state index in [-0.39, 0.29) is 5.76 Å². The number of carbonyl (C=O) groups is 1. The number of aryl methyl sites for hydroxylation is 2. The van der Waals surface area contributed by atoms with Gasteiger partial charge in [0.15, 0.2) is 0 Å². The highest BCUT2D eigenvalue weighted by molar-refractivity contribution is 7.98. The second-order valence-corrected chi connectivity index (χ2v) is 7.26. The quantitative estimate of drug-likeness (QED) is 0.372. The molecule has 0 bridgehead atoms. The van der Waals surface area contributed by atoms with E-state index in [2.05, 4.69) is 20.0 Å². The Labute approximate surface area is 165 Å². The van der Waals surface area contributed by atoms with Crippen molar-refractivity contribution in [3.8, 4) is 5.69 Å². The molecule has 142 valence electrons. The molecule has 4 aromatic rings. The number of methoxy groups -OCH3 is 1. The third-order valence-electron chi connectivity index (χ3n) is 4.33. The van der Waals surface area contributed by atoms with Crippen LogP contribution in [0.1, 0.15) is 27.6 Å². The van der Waals surface area contributed by atoms with E-state index in [9.17, 15) is 4.79 Å². The first-order chi connectivity index (χ1) is 13.6. The molecule has 3 aromatic heterocycles. The molecule has 0 aliphatic heterocycles. The molecular formula is C20H18N4O3S. The van der Waals surface area contributed by atoms with Crippen LogP contribution in [0.25, 0.3) is 16.6 Å². The third-order valence-corrected chi connectivity index (χ3v) is 5.31. The SMILES string of the molecule is COC(=O)c1ccc(CSc2nnc(C)c3cnn(-c4ccc(C)cc4)c23)o1. The molecule has 0 radical (unpaired) electrons. The molecule has 0 fully saturated rings. The van der Waals surface area contributed by atoms with E-state index < -0.39 is 5.97 Å². The Hall–Kier alpha value is -3.13. The van der Waals surface area contributed by atoms with Gasteiger partial charge in [-0.2, -0.15) is 10.2 Å². The smallest absolute Gasteiger partial charge is 0.373 e. The van der Waals surface area contributed by atoms with Crippen molar-refractivity contribution < 1.29 is 13.9 Å². The number of hydrogen-bond donors (Lipinski definition) is 0. The number of thioether (sulfide) groups is 1. The third kappa shape index (κ3) is 3.38. The lowest BCUT2D eigenvalue weighted by Crippen LogP contribution is -2.00. The van der Waals surface area contributed by atoms with E-state index in [0.717, 1.165) is 27.3 Å². The normalized spacial score (nSPS) is 11.1. The molecule has 4 rings (SSSR count). The summed E-state index contributed by atoms with van der Waals surface area (Å²) >= 11 is 1.48. The molecule has 0 spiro atoms. The van der Waals surface area contributed by atoms with Crippen LogP contribution in [0.3, 0.4) is 0 Å². The highest BCUT2D eigenvalue weighted by atomic mass is 32.2. The molecule has 1 aromatic carbocycles. The Morgan fingerprint density at radius 3 is 2.68 bits per heavy atom. The van der Waals surface area contributed by atoms with Gasteiger partial charge in [0.2, 0.25) is 5.76 Å². The van der Waals surface area contributed by atoms with Crippen LogP contribution in [-0.2, 0) is 10.5 Å². The molecule has 3 heterocycles. The van der Waals surface area contributed by atoms with Crippen LogP contribution < -0.4 is 0 Å². The van der Waals surface area contributed by atoms with Crippen molar-refractivity contribution in [1.29, 1.82) is 0 Å². The van der Waals surface area contributed by atoms with E-state index in [1.54, 1.807) is 12.1 Å². The molecular weight excluding hydrogens is 376 g/mol. The first-order valence-electron chi connectivity index (χ1n) is 8.64. The molecule has 0 unspecified atom stereocenters. The number of aromatic nitrogens is 4. The summed E-state index contributed by atoms with van der Waals surface area (Å²) in [7, 11) is 1.32. The Bertz CT molecular complexity index is 1150. The van der Waals surface area contributed by atoms with Crippen LogP contribution in [-0.4, -0.2) is 33.1 Å². The zero-order valence-corrected chi connectivity index (χ0v) is 16.5. The summed E-state index contributed by atoms with van der Waals surface area (Å²) in [6.07, 6.45) is 1.81. The van der Waals surface area contributed by atoms with Gasteiger partial charge in [-0.25, -0.2) is 9.48 Å². The Kier molecular flexibility index (Phi) is 4.87. The molecule has 0 atom stereocenters. The molecule has 28 heavy (non-hydrogen) atoms. The maximum atomic E-state index is 11.5. The molecule has 0 aliphatic carbocycles. The number of nitrogens with zero attached hydrogens (tertiary/aromatic N) is 4. The molecule has 7 nitrogen and oxygen atoms in total. The summed E-state index contributed by atoms with van der Waals surface area (Å²) in [5, 5.41) is 14.9. The minimum atomic E-state index is -0.494. The number of ether oxygens (including phenoxy) is 1. The number of carbonyl (C=O) groups excluding carboxylic acids is 1. The van der Waals surface area contributed by atoms with Crippen molar-refractivity contribution in [2.75, 3.05) is 7.11 Å². The fraction of sp³-hybridized carbons (Fsp3) is 0.200. The van der Waals surface area contributed by atoms with Crippen molar-refractivity contribution in [1.82, 2.24) is 20.0 Å². The zero-order chi connectivity index (χ0) is 19.7. The van der Waals surface area contributed by atoms with Gasteiger partial charge in [-0.1, -0.05) is 29.5 Å². The fourth-order valence-corrected chi connectivity index (χ4v) is 3.69. The summed E-state index contributed by atoms with van der Waals surface area (Å²) < 4.78 is 12.1. The van der Waals surface area contributed by atoms with Crippen molar-refractivity contribution in [2.24, 2.45) is 0 Å². The Morgan fingerprint density at radius 2 is 1.93 bits per heavy atom. The van der Waals surface area contributed by atoms with E-state index in [1.165, 1.54) is 24.4 Å². The van der Waals surface area contributed by atoms with Gasteiger partial charge < -0.3 is 9.15 Å². The van der Waals surface area contributed by atoms with Gasteiger partial charge in [-0.3, -0.25) is 0 Å². The molecule has 0 saturated carbocycles. The highest BCUT2D eigenvalue weighted by Gasteiger charge is 2.16. The minimum Gasteiger partial charge on any atom is -0.463 e. The van der Waals surface area contributed by atoms with Gasteiger partial charge >= 0.3 is 5.97 Å². The Morgan fingerprint density at radius 1 is 1.14 bits per heavy atom. The van der Waals surface area contributed by atoms with Gasteiger partial charge in [0.05, 0.1) is 30.4 Å². The number of rotatable bonds is 5. The second-order valence-electron chi connectivity index (χ2n) is 6.29. The average Bonchev–Trinajstić information content (AvgIpc) is 3.36. The highest BCUT2D eigenvalue weighted by Crippen LogP contribution is 2.31. The van der Waals surface area contributed by atoms with Crippen molar-refractivity contribution in [2.45, 2.75) is 24.6 Å². The zero-order valence-electron chi connectivity index (χ0n) is 15.7. The maximum absolute atomic E-state index is 11.5. The topological polar surface area (TPSA) is 83.0 Å². The van der Waals surface area contributed by atoms with Gasteiger partial charge in [-0.05, 0) is 38.1 Å². The first-order valence-corrected chi connectivity index (χ1v) is 9.63. The minimum absolute atomic E-state index is 0.183. The van der Waals surface area contributed by atoms with E-state index >= 15 is 0 Å². The second kappa shape index (κ2) is 7.47. The summed E-state index contributed by atoms with van der Waals surface area (Å²) in [5.41, 5.74) is 3.87. The molecule has 0 saturated heterocycles. The van der Waals surface area contributed by atoms with Gasteiger partial charge in [0.1, 0.15) is 16.3 Å². The Balaban J connectivity index is 1.68. The number of benzene rings is 1. The van der Waals surface area contributed by atoms with E-state index in [0.29, 0.717) is 11.5 Å². The number of hydrogen-bond acceptors (Lipinski definition) is 7. The lowest BCUT2D eigenvalue weighted by molar-refractivity contribution is 0.0563. The van der Waals surface area contributed by atoms with Crippen LogP contribution in [0, 0.1) is 13.8 Å². The standard InChI is InChI=1S/C20H18N4O3S/c1-12-4-6-14(7-5-12)24-18-16(10-21-24)13(2)22-23-19(18)28-11-15-8-9-17(27-15)20(25)26-3/h4-10H,11H2,1-3H3. The average molecular weight is 394 g/mol. The van der Waals surface area contributed by atoms with E-state index in [4.69, 9.17) is 4.42 Å². The number of fused-ring (bicyclic) bond motifs is 1. The van der Waals surface area contributed by atoms with Crippen LogP contribution in [0.5, 0.6) is 0 Å². The lowest BCUT2D eigenvalue weighted by Gasteiger charge is -2.08. The summed E-state index contributed by atoms with van der Waals surface area (Å²) in [4.78, 5) is 11.5. The van der Waals surface area contributed by atoms with Crippen LogP contribution >= 0.6 is 11.8 Å². The van der Waals surface area contributed by atoms with Gasteiger partial charge in [0.25, 0.3) is 0 Å². The summed E-state index contributed by atoms with van der Waals surface area (Å²) in [5.74, 6) is 0.847. The van der Waals surface area contributed by atoms with Gasteiger partial charge in [-0.15, -0.1) is 5.10 Å². The van der Waals surface area contributed by atoms with Crippen LogP contribution in [0.4, 0.5) is 0 Å². The van der Waals surface area contributed by atoms with Crippen molar-refractivity contribution in [3.05, 3.63) is 65.4 Å². The maximum Gasteiger partial charge on any atom is 0.373 e. The van der Waals surface area contributed by atoms with Crippen molar-refractivity contribution in [3.63, 3.8) is 0 Å². The molecule has 0 amide bonds. The van der Waals surface area contributed by atoms with Crippen LogP contribution in [0.2, 0.25) is 0 Å². The summed E-state index contributed by atoms with van der Waals surface area (Å²) in [6, 6.07) is 11.5. The van der Waals surface area contributed by atoms with Gasteiger partial charge in [0, 0.05) is 5.39 Å². The molecule has 0 N–H and O–H groups in total. The predicted octanol–water partition coefficient (Wildman–Crippen LogP) is 4.10.